The summed E-state index contributed by atoms with van der Waals surface area (Å²) in [5.41, 5.74) is 7.76. The Bertz CT molecular complexity index is 221. The molecule has 1 aromatic heterocycles. The van der Waals surface area contributed by atoms with Gasteiger partial charge in [0, 0.05) is 11.6 Å². The summed E-state index contributed by atoms with van der Waals surface area (Å²) in [6.45, 7) is 5.83. The molecule has 0 aliphatic carbocycles. The zero-order valence-corrected chi connectivity index (χ0v) is 7.22. The van der Waals surface area contributed by atoms with Crippen LogP contribution in [-0.2, 0) is 6.42 Å². The third-order valence-electron chi connectivity index (χ3n) is 1.71. The Morgan fingerprint density at radius 3 is 2.55 bits per heavy atom. The minimum atomic E-state index is 0.173. The van der Waals surface area contributed by atoms with Gasteiger partial charge in [-0.15, -0.1) is 0 Å². The molecule has 0 radical (unpaired) electrons. The maximum atomic E-state index is 5.65. The highest BCUT2D eigenvalue weighted by molar-refractivity contribution is 5.21. The largest absolute Gasteiger partial charge is 0.361 e. The van der Waals surface area contributed by atoms with Crippen molar-refractivity contribution in [2.75, 3.05) is 0 Å². The number of hydrogen-bond donors (Lipinski definition) is 1. The molecule has 0 aliphatic rings. The van der Waals surface area contributed by atoms with E-state index >= 15 is 0 Å². The fourth-order valence-corrected chi connectivity index (χ4v) is 1.12. The average molecular weight is 154 g/mol. The Labute approximate surface area is 66.6 Å². The van der Waals surface area contributed by atoms with Crippen LogP contribution in [0.4, 0.5) is 0 Å². The van der Waals surface area contributed by atoms with Crippen molar-refractivity contribution in [3.8, 4) is 0 Å². The molecule has 0 aliphatic heterocycles. The van der Waals surface area contributed by atoms with E-state index in [2.05, 4.69) is 5.16 Å². The van der Waals surface area contributed by atoms with Gasteiger partial charge in [0.15, 0.2) is 0 Å². The van der Waals surface area contributed by atoms with Crippen LogP contribution in [0.1, 0.15) is 23.9 Å². The molecule has 3 heteroatoms. The lowest BCUT2D eigenvalue weighted by Gasteiger charge is -2.02. The van der Waals surface area contributed by atoms with E-state index in [9.17, 15) is 0 Å². The van der Waals surface area contributed by atoms with Gasteiger partial charge in [-0.3, -0.25) is 0 Å². The Kier molecular flexibility index (Phi) is 2.29. The summed E-state index contributed by atoms with van der Waals surface area (Å²) in [6.07, 6.45) is 0.848. The second-order valence-electron chi connectivity index (χ2n) is 2.98. The van der Waals surface area contributed by atoms with Crippen LogP contribution in [0.5, 0.6) is 0 Å². The summed E-state index contributed by atoms with van der Waals surface area (Å²) in [7, 11) is 0. The third kappa shape index (κ3) is 1.80. The molecular weight excluding hydrogens is 140 g/mol. The maximum Gasteiger partial charge on any atom is 0.137 e. The van der Waals surface area contributed by atoms with Gasteiger partial charge in [-0.05, 0) is 27.2 Å². The first-order chi connectivity index (χ1) is 5.11. The first-order valence-electron chi connectivity index (χ1n) is 3.78. The molecule has 0 aromatic carbocycles. The Morgan fingerprint density at radius 2 is 2.18 bits per heavy atom. The second kappa shape index (κ2) is 3.05. The summed E-state index contributed by atoms with van der Waals surface area (Å²) in [5.74, 6) is 0.889. The predicted octanol–water partition coefficient (Wildman–Crippen LogP) is 1.18. The van der Waals surface area contributed by atoms with Crippen LogP contribution in [0.2, 0.25) is 0 Å². The predicted molar refractivity (Wildman–Crippen MR) is 43.3 cm³/mol. The molecule has 62 valence electrons. The van der Waals surface area contributed by atoms with Crippen molar-refractivity contribution in [3.63, 3.8) is 0 Å². The van der Waals surface area contributed by atoms with Crippen LogP contribution < -0.4 is 5.73 Å². The van der Waals surface area contributed by atoms with Gasteiger partial charge in [0.25, 0.3) is 0 Å². The lowest BCUT2D eigenvalue weighted by Crippen LogP contribution is -2.18. The Balaban J connectivity index is 2.83. The lowest BCUT2D eigenvalue weighted by atomic mass is 10.1. The van der Waals surface area contributed by atoms with E-state index in [4.69, 9.17) is 10.3 Å². The summed E-state index contributed by atoms with van der Waals surface area (Å²) in [6, 6.07) is 0.173. The van der Waals surface area contributed by atoms with E-state index in [1.165, 1.54) is 0 Å². The molecule has 0 saturated heterocycles. The molecule has 2 N–H and O–H groups in total. The Hall–Kier alpha value is -0.830. The smallest absolute Gasteiger partial charge is 0.137 e. The first-order valence-corrected chi connectivity index (χ1v) is 3.78. The maximum absolute atomic E-state index is 5.65. The molecule has 0 amide bonds. The van der Waals surface area contributed by atoms with E-state index in [0.29, 0.717) is 0 Å². The molecule has 0 unspecified atom stereocenters. The molecule has 0 saturated carbocycles. The summed E-state index contributed by atoms with van der Waals surface area (Å²) in [4.78, 5) is 0. The van der Waals surface area contributed by atoms with Gasteiger partial charge in [0.2, 0.25) is 0 Å². The fourth-order valence-electron chi connectivity index (χ4n) is 1.12. The van der Waals surface area contributed by atoms with Gasteiger partial charge >= 0.3 is 0 Å². The van der Waals surface area contributed by atoms with Gasteiger partial charge in [-0.2, -0.15) is 0 Å². The van der Waals surface area contributed by atoms with Crippen molar-refractivity contribution in [1.82, 2.24) is 5.16 Å². The summed E-state index contributed by atoms with van der Waals surface area (Å²) in [5, 5.41) is 3.84. The van der Waals surface area contributed by atoms with Crippen molar-refractivity contribution in [1.29, 1.82) is 0 Å². The normalized spacial score (nSPS) is 13.5. The van der Waals surface area contributed by atoms with Gasteiger partial charge in [-0.1, -0.05) is 5.16 Å². The van der Waals surface area contributed by atoms with Crippen LogP contribution in [0, 0.1) is 13.8 Å². The quantitative estimate of drug-likeness (QED) is 0.696. The van der Waals surface area contributed by atoms with E-state index in [-0.39, 0.29) is 6.04 Å². The van der Waals surface area contributed by atoms with Crippen LogP contribution in [0.15, 0.2) is 4.52 Å². The number of aromatic nitrogens is 1. The van der Waals surface area contributed by atoms with Gasteiger partial charge < -0.3 is 10.3 Å². The van der Waals surface area contributed by atoms with Crippen LogP contribution >= 0.6 is 0 Å². The van der Waals surface area contributed by atoms with Crippen LogP contribution in [0.3, 0.4) is 0 Å². The number of rotatable bonds is 2. The highest BCUT2D eigenvalue weighted by atomic mass is 16.5. The zero-order valence-electron chi connectivity index (χ0n) is 7.22. The molecule has 3 nitrogen and oxygen atoms in total. The van der Waals surface area contributed by atoms with Gasteiger partial charge in [0.1, 0.15) is 5.76 Å². The topological polar surface area (TPSA) is 52.0 Å². The van der Waals surface area contributed by atoms with E-state index in [0.717, 1.165) is 23.4 Å². The molecule has 1 aromatic rings. The van der Waals surface area contributed by atoms with Gasteiger partial charge in [-0.25, -0.2) is 0 Å². The molecule has 1 rings (SSSR count). The second-order valence-corrected chi connectivity index (χ2v) is 2.98. The minimum absolute atomic E-state index is 0.173. The van der Waals surface area contributed by atoms with Crippen molar-refractivity contribution >= 4 is 0 Å². The molecule has 1 heterocycles. The first kappa shape index (κ1) is 8.27. The lowest BCUT2D eigenvalue weighted by molar-refractivity contribution is 0.392. The van der Waals surface area contributed by atoms with E-state index in [1.807, 2.05) is 20.8 Å². The molecule has 0 bridgehead atoms. The van der Waals surface area contributed by atoms with E-state index < -0.39 is 0 Å². The van der Waals surface area contributed by atoms with Crippen molar-refractivity contribution < 1.29 is 4.52 Å². The van der Waals surface area contributed by atoms with Crippen molar-refractivity contribution in [2.45, 2.75) is 33.2 Å². The standard InChI is InChI=1S/C8H14N2O/c1-5(9)4-8-6(2)10-11-7(8)3/h5H,4,9H2,1-3H3/t5-/m1/s1. The molecule has 1 atom stereocenters. The molecule has 0 fully saturated rings. The molecule has 11 heavy (non-hydrogen) atoms. The van der Waals surface area contributed by atoms with Crippen molar-refractivity contribution in [3.05, 3.63) is 17.0 Å². The molecule has 0 spiro atoms. The SMILES string of the molecule is Cc1noc(C)c1C[C@@H](C)N. The highest BCUT2D eigenvalue weighted by Crippen LogP contribution is 2.13. The Morgan fingerprint density at radius 1 is 1.55 bits per heavy atom. The van der Waals surface area contributed by atoms with Crippen LogP contribution in [-0.4, -0.2) is 11.2 Å². The summed E-state index contributed by atoms with van der Waals surface area (Å²) < 4.78 is 4.99. The monoisotopic (exact) mass is 154 g/mol. The average Bonchev–Trinajstić information content (AvgIpc) is 2.18. The highest BCUT2D eigenvalue weighted by Gasteiger charge is 2.09. The minimum Gasteiger partial charge on any atom is -0.361 e. The number of hydrogen-bond acceptors (Lipinski definition) is 3. The zero-order chi connectivity index (χ0) is 8.43. The molecular formula is C8H14N2O. The van der Waals surface area contributed by atoms with Gasteiger partial charge in [0.05, 0.1) is 5.69 Å². The number of nitrogens with two attached hydrogens (primary N) is 1. The van der Waals surface area contributed by atoms with Crippen molar-refractivity contribution in [2.24, 2.45) is 5.73 Å². The number of nitrogens with zero attached hydrogens (tertiary/aromatic N) is 1. The fraction of sp³-hybridized carbons (Fsp3) is 0.625. The third-order valence-corrected chi connectivity index (χ3v) is 1.71. The van der Waals surface area contributed by atoms with Crippen LogP contribution in [0.25, 0.3) is 0 Å². The number of aryl methyl sites for hydroxylation is 2. The van der Waals surface area contributed by atoms with E-state index in [1.54, 1.807) is 0 Å². The summed E-state index contributed by atoms with van der Waals surface area (Å²) >= 11 is 0.